The molecule has 0 atom stereocenters. The SMILES string of the molecule is CCOC(=O)N1CCC(n2nnnc2COc2c(CO)cccc2OC)CC1. The van der Waals surface area contributed by atoms with Crippen molar-refractivity contribution < 1.29 is 24.1 Å². The number of ether oxygens (including phenoxy) is 3. The fourth-order valence-electron chi connectivity index (χ4n) is 3.25. The van der Waals surface area contributed by atoms with Crippen LogP contribution in [0.25, 0.3) is 0 Å². The van der Waals surface area contributed by atoms with E-state index >= 15 is 0 Å². The van der Waals surface area contributed by atoms with Crippen LogP contribution in [0.4, 0.5) is 4.79 Å². The van der Waals surface area contributed by atoms with Gasteiger partial charge in [-0.15, -0.1) is 5.10 Å². The average molecular weight is 391 g/mol. The van der Waals surface area contributed by atoms with Gasteiger partial charge < -0.3 is 24.2 Å². The molecule has 1 aromatic heterocycles. The topological polar surface area (TPSA) is 112 Å². The van der Waals surface area contributed by atoms with E-state index in [4.69, 9.17) is 14.2 Å². The lowest BCUT2D eigenvalue weighted by atomic mass is 10.1. The van der Waals surface area contributed by atoms with Gasteiger partial charge in [-0.2, -0.15) is 0 Å². The number of nitrogens with zero attached hydrogens (tertiary/aromatic N) is 5. The van der Waals surface area contributed by atoms with Gasteiger partial charge in [0.15, 0.2) is 17.3 Å². The molecule has 1 aliphatic heterocycles. The third kappa shape index (κ3) is 4.33. The van der Waals surface area contributed by atoms with Crippen molar-refractivity contribution in [3.63, 3.8) is 0 Å². The summed E-state index contributed by atoms with van der Waals surface area (Å²) in [6, 6.07) is 5.40. The van der Waals surface area contributed by atoms with Crippen LogP contribution in [0.2, 0.25) is 0 Å². The predicted octanol–water partition coefficient (Wildman–Crippen LogP) is 1.55. The summed E-state index contributed by atoms with van der Waals surface area (Å²) in [7, 11) is 1.55. The number of hydrogen-bond donors (Lipinski definition) is 1. The Balaban J connectivity index is 1.65. The first-order valence-electron chi connectivity index (χ1n) is 9.25. The summed E-state index contributed by atoms with van der Waals surface area (Å²) in [5, 5.41) is 21.5. The summed E-state index contributed by atoms with van der Waals surface area (Å²) in [5.41, 5.74) is 0.626. The maximum atomic E-state index is 11.8. The fourth-order valence-corrected chi connectivity index (χ4v) is 3.25. The van der Waals surface area contributed by atoms with Crippen LogP contribution in [-0.4, -0.2) is 63.1 Å². The first kappa shape index (κ1) is 19.9. The monoisotopic (exact) mass is 391 g/mol. The average Bonchev–Trinajstić information content (AvgIpc) is 3.20. The van der Waals surface area contributed by atoms with Crippen LogP contribution < -0.4 is 9.47 Å². The highest BCUT2D eigenvalue weighted by atomic mass is 16.6. The number of rotatable bonds is 7. The predicted molar refractivity (Wildman–Crippen MR) is 97.9 cm³/mol. The molecule has 3 rings (SSSR count). The number of aliphatic hydroxyl groups is 1. The number of likely N-dealkylation sites (tertiary alicyclic amines) is 1. The smallest absolute Gasteiger partial charge is 0.409 e. The van der Waals surface area contributed by atoms with E-state index in [2.05, 4.69) is 15.5 Å². The largest absolute Gasteiger partial charge is 0.493 e. The molecule has 10 nitrogen and oxygen atoms in total. The number of methoxy groups -OCH3 is 1. The molecule has 28 heavy (non-hydrogen) atoms. The second-order valence-electron chi connectivity index (χ2n) is 6.35. The Labute approximate surface area is 163 Å². The highest BCUT2D eigenvalue weighted by Crippen LogP contribution is 2.32. The first-order chi connectivity index (χ1) is 13.7. The van der Waals surface area contributed by atoms with Crippen molar-refractivity contribution in [2.75, 3.05) is 26.8 Å². The van der Waals surface area contributed by atoms with Gasteiger partial charge in [-0.3, -0.25) is 0 Å². The minimum absolute atomic E-state index is 0.0780. The third-order valence-corrected chi connectivity index (χ3v) is 4.69. The lowest BCUT2D eigenvalue weighted by molar-refractivity contribution is 0.0906. The summed E-state index contributed by atoms with van der Waals surface area (Å²) >= 11 is 0. The van der Waals surface area contributed by atoms with Crippen LogP contribution in [-0.2, 0) is 18.0 Å². The van der Waals surface area contributed by atoms with Gasteiger partial charge in [-0.25, -0.2) is 9.48 Å². The van der Waals surface area contributed by atoms with E-state index in [0.717, 1.165) is 12.8 Å². The Morgan fingerprint density at radius 1 is 1.32 bits per heavy atom. The number of piperidine rings is 1. The fraction of sp³-hybridized carbons (Fsp3) is 0.556. The lowest BCUT2D eigenvalue weighted by Gasteiger charge is -2.31. The Bertz CT molecular complexity index is 766. The molecule has 2 aromatic rings. The molecule has 0 radical (unpaired) electrons. The maximum Gasteiger partial charge on any atom is 0.409 e. The highest BCUT2D eigenvalue weighted by Gasteiger charge is 2.27. The first-order valence-corrected chi connectivity index (χ1v) is 9.25. The van der Waals surface area contributed by atoms with Gasteiger partial charge in [0, 0.05) is 18.7 Å². The van der Waals surface area contributed by atoms with Crippen LogP contribution in [0.15, 0.2) is 18.2 Å². The Morgan fingerprint density at radius 3 is 2.79 bits per heavy atom. The van der Waals surface area contributed by atoms with Gasteiger partial charge in [0.2, 0.25) is 0 Å². The molecular formula is C18H25N5O5. The number of para-hydroxylation sites is 1. The molecule has 0 spiro atoms. The van der Waals surface area contributed by atoms with Crippen molar-refractivity contribution >= 4 is 6.09 Å². The van der Waals surface area contributed by atoms with Gasteiger partial charge in [0.25, 0.3) is 0 Å². The van der Waals surface area contributed by atoms with Crippen LogP contribution >= 0.6 is 0 Å². The highest BCUT2D eigenvalue weighted by molar-refractivity contribution is 5.67. The minimum Gasteiger partial charge on any atom is -0.493 e. The van der Waals surface area contributed by atoms with Crippen molar-refractivity contribution in [3.05, 3.63) is 29.6 Å². The number of aliphatic hydroxyl groups excluding tert-OH is 1. The molecule has 1 aliphatic rings. The number of amides is 1. The molecule has 1 fully saturated rings. The number of tetrazole rings is 1. The molecule has 1 saturated heterocycles. The van der Waals surface area contributed by atoms with Crippen molar-refractivity contribution in [2.24, 2.45) is 0 Å². The molecule has 2 heterocycles. The van der Waals surface area contributed by atoms with E-state index < -0.39 is 0 Å². The van der Waals surface area contributed by atoms with E-state index in [0.29, 0.717) is 42.6 Å². The molecule has 1 N–H and O–H groups in total. The number of carbonyl (C=O) groups excluding carboxylic acids is 1. The number of aromatic nitrogens is 4. The summed E-state index contributed by atoms with van der Waals surface area (Å²) in [6.07, 6.45) is 1.18. The summed E-state index contributed by atoms with van der Waals surface area (Å²) in [4.78, 5) is 13.5. The van der Waals surface area contributed by atoms with Gasteiger partial charge in [0.05, 0.1) is 26.4 Å². The van der Waals surface area contributed by atoms with E-state index in [1.54, 1.807) is 41.8 Å². The molecule has 1 amide bonds. The number of benzene rings is 1. The molecule has 0 bridgehead atoms. The Hall–Kier alpha value is -2.88. The number of hydrogen-bond acceptors (Lipinski definition) is 8. The molecule has 0 saturated carbocycles. The zero-order valence-corrected chi connectivity index (χ0v) is 16.1. The zero-order chi connectivity index (χ0) is 19.9. The van der Waals surface area contributed by atoms with Gasteiger partial charge >= 0.3 is 6.09 Å². The molecule has 152 valence electrons. The normalized spacial score (nSPS) is 14.8. The minimum atomic E-state index is -0.283. The number of carbonyl (C=O) groups is 1. The summed E-state index contributed by atoms with van der Waals surface area (Å²) in [6.45, 7) is 3.31. The molecule has 1 aromatic carbocycles. The molecule has 0 unspecified atom stereocenters. The van der Waals surface area contributed by atoms with E-state index in [9.17, 15) is 9.90 Å². The molecule has 10 heteroatoms. The van der Waals surface area contributed by atoms with Crippen molar-refractivity contribution in [1.82, 2.24) is 25.1 Å². The van der Waals surface area contributed by atoms with E-state index in [1.807, 2.05) is 0 Å². The van der Waals surface area contributed by atoms with Crippen LogP contribution in [0.5, 0.6) is 11.5 Å². The van der Waals surface area contributed by atoms with Gasteiger partial charge in [-0.05, 0) is 36.3 Å². The van der Waals surface area contributed by atoms with Crippen molar-refractivity contribution in [2.45, 2.75) is 39.0 Å². The van der Waals surface area contributed by atoms with Crippen LogP contribution in [0.3, 0.4) is 0 Å². The maximum absolute atomic E-state index is 11.8. The molecular weight excluding hydrogens is 366 g/mol. The van der Waals surface area contributed by atoms with E-state index in [-0.39, 0.29) is 25.3 Å². The van der Waals surface area contributed by atoms with Crippen molar-refractivity contribution in [3.8, 4) is 11.5 Å². The van der Waals surface area contributed by atoms with Gasteiger partial charge in [-0.1, -0.05) is 12.1 Å². The Morgan fingerprint density at radius 2 is 2.11 bits per heavy atom. The second-order valence-corrected chi connectivity index (χ2v) is 6.35. The van der Waals surface area contributed by atoms with E-state index in [1.165, 1.54) is 0 Å². The van der Waals surface area contributed by atoms with Gasteiger partial charge in [0.1, 0.15) is 6.61 Å². The Kier molecular flexibility index (Phi) is 6.64. The lowest BCUT2D eigenvalue weighted by Crippen LogP contribution is -2.39. The quantitative estimate of drug-likeness (QED) is 0.757. The second kappa shape index (κ2) is 9.36. The standard InChI is InChI=1S/C18H25N5O5/c1-3-27-18(25)22-9-7-14(8-10-22)23-16(19-20-21-23)12-28-17-13(11-24)5-4-6-15(17)26-2/h4-6,14,24H,3,7-12H2,1-2H3. The molecule has 0 aliphatic carbocycles. The summed E-state index contributed by atoms with van der Waals surface area (Å²) < 4.78 is 18.0. The van der Waals surface area contributed by atoms with Crippen LogP contribution in [0, 0.1) is 0 Å². The zero-order valence-electron chi connectivity index (χ0n) is 16.1. The third-order valence-electron chi connectivity index (χ3n) is 4.69. The van der Waals surface area contributed by atoms with Crippen LogP contribution in [0.1, 0.15) is 37.2 Å². The van der Waals surface area contributed by atoms with Crippen molar-refractivity contribution in [1.29, 1.82) is 0 Å². The summed E-state index contributed by atoms with van der Waals surface area (Å²) in [5.74, 6) is 1.58.